The molecule has 0 radical (unpaired) electrons. The smallest absolute Gasteiger partial charge is 0.119 e. The van der Waals surface area contributed by atoms with Crippen LogP contribution in [-0.2, 0) is 12.8 Å². The minimum Gasteiger partial charge on any atom is -0.497 e. The van der Waals surface area contributed by atoms with Crippen molar-refractivity contribution < 1.29 is 9.47 Å². The normalized spacial score (nSPS) is 11.0. The number of aromatic nitrogens is 2. The summed E-state index contributed by atoms with van der Waals surface area (Å²) in [7, 11) is 3.40. The maximum atomic E-state index is 5.46. The Morgan fingerprint density at radius 2 is 1.13 bits per heavy atom. The van der Waals surface area contributed by atoms with Gasteiger partial charge in [-0.05, 0) is 144 Å². The summed E-state index contributed by atoms with van der Waals surface area (Å²) in [5.74, 6) is 1.76. The molecule has 6 aromatic carbocycles. The molecule has 8 aromatic rings. The maximum Gasteiger partial charge on any atom is 0.119 e. The molecule has 2 heterocycles. The van der Waals surface area contributed by atoms with E-state index in [2.05, 4.69) is 175 Å². The third kappa shape index (κ3) is 9.97. The Labute approximate surface area is 356 Å². The first-order valence-electron chi connectivity index (χ1n) is 19.2. The van der Waals surface area contributed by atoms with Gasteiger partial charge in [-0.1, -0.05) is 108 Å². The highest BCUT2D eigenvalue weighted by Crippen LogP contribution is 2.38. The summed E-state index contributed by atoms with van der Waals surface area (Å²) < 4.78 is 16.6. The number of H-pyrrole nitrogens is 1. The lowest BCUT2D eigenvalue weighted by Crippen LogP contribution is -1.95. The summed E-state index contributed by atoms with van der Waals surface area (Å²) in [4.78, 5) is 3.38. The summed E-state index contributed by atoms with van der Waals surface area (Å²) in [5.41, 5.74) is 8.74. The zero-order valence-corrected chi connectivity index (χ0v) is 37.4. The Bertz CT molecular complexity index is 2470. The molecule has 0 spiro atoms. The van der Waals surface area contributed by atoms with Crippen LogP contribution in [0.3, 0.4) is 0 Å². The molecule has 8 rings (SSSR count). The highest BCUT2D eigenvalue weighted by Gasteiger charge is 2.15. The Morgan fingerprint density at radius 3 is 1.75 bits per heavy atom. The summed E-state index contributed by atoms with van der Waals surface area (Å²) in [6, 6.07) is 42.7. The number of nitrogens with one attached hydrogen (secondary N) is 1. The molecule has 2 aromatic heterocycles. The monoisotopic (exact) mass is 970 g/mol. The topological polar surface area (TPSA) is 39.2 Å². The van der Waals surface area contributed by atoms with Crippen molar-refractivity contribution in [2.45, 2.75) is 65.2 Å². The first kappa shape index (κ1) is 40.9. The van der Waals surface area contributed by atoms with E-state index in [0.717, 1.165) is 37.9 Å². The Hall–Kier alpha value is -3.79. The number of nitrogens with zero attached hydrogens (tertiary/aromatic N) is 1. The standard InChI is InChI=1S/C24H24BrNO.C13H10BrNO.C11H15I/c1-3-4-5-7-17-10-12-18(13-11-17)26-22-15-14-19(27-2)16-20(22)24-21(25)8-6-9-23(24)26;1-16-8-5-6-11-9(7-8)13-10(14)3-2-4-12(13)15-11;1-2-3-4-5-10-6-8-11(12)9-7-10/h6,8-16H,3-5,7H2,1-2H3;2-7,15H,1H3;6-9H,2-5H2,1H3. The molecule has 0 saturated carbocycles. The number of benzene rings is 6. The van der Waals surface area contributed by atoms with Crippen LogP contribution in [0.15, 0.2) is 130 Å². The molecule has 0 aliphatic carbocycles. The van der Waals surface area contributed by atoms with Crippen molar-refractivity contribution in [1.29, 1.82) is 0 Å². The van der Waals surface area contributed by atoms with E-state index in [9.17, 15) is 0 Å². The third-order valence-corrected chi connectivity index (χ3v) is 12.0. The minimum atomic E-state index is 0.878. The van der Waals surface area contributed by atoms with Crippen molar-refractivity contribution in [1.82, 2.24) is 9.55 Å². The fraction of sp³-hybridized carbons (Fsp3) is 0.250. The lowest BCUT2D eigenvalue weighted by Gasteiger charge is -2.09. The van der Waals surface area contributed by atoms with Gasteiger partial charge in [0.25, 0.3) is 0 Å². The molecule has 55 heavy (non-hydrogen) atoms. The first-order chi connectivity index (χ1) is 26.8. The van der Waals surface area contributed by atoms with E-state index in [1.54, 1.807) is 14.2 Å². The second-order valence-corrected chi connectivity index (χ2v) is 16.7. The summed E-state index contributed by atoms with van der Waals surface area (Å²) in [6.45, 7) is 4.49. The number of aryl methyl sites for hydroxylation is 2. The number of hydrogen-bond acceptors (Lipinski definition) is 2. The number of halogens is 3. The van der Waals surface area contributed by atoms with Gasteiger partial charge in [0.15, 0.2) is 0 Å². The van der Waals surface area contributed by atoms with Gasteiger partial charge in [0, 0.05) is 50.8 Å². The van der Waals surface area contributed by atoms with Crippen molar-refractivity contribution in [2.75, 3.05) is 14.2 Å². The molecule has 4 nitrogen and oxygen atoms in total. The van der Waals surface area contributed by atoms with Crippen molar-refractivity contribution in [3.63, 3.8) is 0 Å². The molecule has 0 atom stereocenters. The highest BCUT2D eigenvalue weighted by molar-refractivity contribution is 14.1. The summed E-state index contributed by atoms with van der Waals surface area (Å²) in [5, 5.41) is 4.81. The number of aromatic amines is 1. The predicted molar refractivity (Wildman–Crippen MR) is 251 cm³/mol. The van der Waals surface area contributed by atoms with Crippen LogP contribution in [-0.4, -0.2) is 23.8 Å². The summed E-state index contributed by atoms with van der Waals surface area (Å²) in [6.07, 6.45) is 10.2. The number of unbranched alkanes of at least 4 members (excludes halogenated alkanes) is 4. The van der Waals surface area contributed by atoms with Gasteiger partial charge in [0.1, 0.15) is 11.5 Å². The molecule has 0 aliphatic heterocycles. The Morgan fingerprint density at radius 1 is 0.564 bits per heavy atom. The molecule has 0 amide bonds. The van der Waals surface area contributed by atoms with Crippen LogP contribution in [0.25, 0.3) is 49.3 Å². The van der Waals surface area contributed by atoms with Crippen molar-refractivity contribution in [3.05, 3.63) is 145 Å². The van der Waals surface area contributed by atoms with Crippen molar-refractivity contribution >= 4 is 98.1 Å². The predicted octanol–water partition coefficient (Wildman–Crippen LogP) is 15.4. The maximum absolute atomic E-state index is 5.46. The van der Waals surface area contributed by atoms with Crippen molar-refractivity contribution in [2.24, 2.45) is 0 Å². The minimum absolute atomic E-state index is 0.878. The lowest BCUT2D eigenvalue weighted by molar-refractivity contribution is 0.415. The van der Waals surface area contributed by atoms with Gasteiger partial charge in [-0.15, -0.1) is 0 Å². The van der Waals surface area contributed by atoms with Gasteiger partial charge >= 0.3 is 0 Å². The van der Waals surface area contributed by atoms with E-state index < -0.39 is 0 Å². The van der Waals surface area contributed by atoms with Crippen LogP contribution in [0.4, 0.5) is 0 Å². The van der Waals surface area contributed by atoms with Crippen LogP contribution >= 0.6 is 54.5 Å². The number of fused-ring (bicyclic) bond motifs is 6. The second-order valence-electron chi connectivity index (χ2n) is 13.8. The molecule has 0 saturated heterocycles. The fourth-order valence-corrected chi connectivity index (χ4v) is 8.55. The Balaban J connectivity index is 0.000000155. The molecular weight excluding hydrogens is 923 g/mol. The molecular formula is C48H49Br2IN2O2. The fourth-order valence-electron chi connectivity index (χ4n) is 7.05. The highest BCUT2D eigenvalue weighted by atomic mass is 127. The number of rotatable bonds is 11. The van der Waals surface area contributed by atoms with E-state index >= 15 is 0 Å². The number of methoxy groups -OCH3 is 2. The van der Waals surface area contributed by atoms with E-state index in [-0.39, 0.29) is 0 Å². The molecule has 0 unspecified atom stereocenters. The largest absolute Gasteiger partial charge is 0.497 e. The number of ether oxygens (including phenoxy) is 2. The van der Waals surface area contributed by atoms with E-state index in [4.69, 9.17) is 9.47 Å². The van der Waals surface area contributed by atoms with Crippen LogP contribution in [0.5, 0.6) is 11.5 Å². The van der Waals surface area contributed by atoms with Crippen LogP contribution in [0, 0.1) is 3.57 Å². The van der Waals surface area contributed by atoms with Gasteiger partial charge in [0.05, 0.1) is 25.3 Å². The Kier molecular flexibility index (Phi) is 14.8. The van der Waals surface area contributed by atoms with Gasteiger partial charge in [-0.3, -0.25) is 0 Å². The summed E-state index contributed by atoms with van der Waals surface area (Å²) >= 11 is 9.67. The lowest BCUT2D eigenvalue weighted by atomic mass is 10.1. The zero-order valence-electron chi connectivity index (χ0n) is 32.1. The zero-order chi connectivity index (χ0) is 38.7. The molecule has 0 bridgehead atoms. The van der Waals surface area contributed by atoms with Crippen LogP contribution in [0.2, 0.25) is 0 Å². The van der Waals surface area contributed by atoms with Gasteiger partial charge in [-0.2, -0.15) is 0 Å². The SMILES string of the molecule is CCCCCc1ccc(-n2c3ccc(OC)cc3c3c(Br)cccc32)cc1.CCCCCc1ccc(I)cc1.COc1ccc2[nH]c3cccc(Br)c3c2c1. The molecule has 284 valence electrons. The quantitative estimate of drug-likeness (QED) is 0.104. The average Bonchev–Trinajstić information content (AvgIpc) is 3.76. The van der Waals surface area contributed by atoms with Crippen LogP contribution in [0.1, 0.15) is 63.5 Å². The van der Waals surface area contributed by atoms with E-state index in [1.807, 2.05) is 24.3 Å². The first-order valence-corrected chi connectivity index (χ1v) is 21.9. The van der Waals surface area contributed by atoms with E-state index in [1.165, 1.54) is 97.9 Å². The second kappa shape index (κ2) is 19.9. The van der Waals surface area contributed by atoms with Crippen molar-refractivity contribution in [3.8, 4) is 17.2 Å². The molecule has 1 N–H and O–H groups in total. The third-order valence-electron chi connectivity index (χ3n) is 9.97. The van der Waals surface area contributed by atoms with Gasteiger partial charge in [-0.25, -0.2) is 0 Å². The van der Waals surface area contributed by atoms with Gasteiger partial charge < -0.3 is 19.0 Å². The van der Waals surface area contributed by atoms with Gasteiger partial charge in [0.2, 0.25) is 0 Å². The van der Waals surface area contributed by atoms with E-state index in [0.29, 0.717) is 0 Å². The molecule has 0 aliphatic rings. The molecule has 0 fully saturated rings. The average molecular weight is 973 g/mol. The molecule has 7 heteroatoms. The number of hydrogen-bond donors (Lipinski definition) is 1. The van der Waals surface area contributed by atoms with Crippen LogP contribution < -0.4 is 9.47 Å².